The Balaban J connectivity index is 2.52. The van der Waals surface area contributed by atoms with E-state index in [-0.39, 0.29) is 5.57 Å². The molecule has 2 atom stereocenters. The van der Waals surface area contributed by atoms with Crippen LogP contribution in [0.5, 0.6) is 0 Å². The number of aliphatic hydroxyl groups is 1. The second-order valence-electron chi connectivity index (χ2n) is 6.18. The topological polar surface area (TPSA) is 98.1 Å². The highest BCUT2D eigenvalue weighted by atomic mass is 32.2. The summed E-state index contributed by atoms with van der Waals surface area (Å²) >= 11 is -1.17. The lowest BCUT2D eigenvalue weighted by Crippen LogP contribution is -2.25. The second-order valence-corrected chi connectivity index (χ2v) is 7.30. The first-order valence-corrected chi connectivity index (χ1v) is 8.96. The minimum Gasteiger partial charge on any atom is -0.593 e. The number of fused-ring (bicyclic) bond motifs is 1. The molecule has 128 valence electrons. The van der Waals surface area contributed by atoms with Gasteiger partial charge in [0.05, 0.1) is 34.4 Å². The average Bonchev–Trinajstić information content (AvgIpc) is 2.87. The predicted octanol–water partition coefficient (Wildman–Crippen LogP) is 2.36. The van der Waals surface area contributed by atoms with Crippen LogP contribution in [-0.4, -0.2) is 39.9 Å². The van der Waals surface area contributed by atoms with Gasteiger partial charge in [0.25, 0.3) is 0 Å². The van der Waals surface area contributed by atoms with Crippen LogP contribution in [0.25, 0.3) is 10.9 Å². The van der Waals surface area contributed by atoms with Crippen molar-refractivity contribution < 1.29 is 9.66 Å². The molecule has 0 aliphatic carbocycles. The van der Waals surface area contributed by atoms with E-state index >= 15 is 0 Å². The van der Waals surface area contributed by atoms with Crippen LogP contribution in [0.15, 0.2) is 30.0 Å². The Morgan fingerprint density at radius 1 is 1.46 bits per heavy atom. The van der Waals surface area contributed by atoms with E-state index in [2.05, 4.69) is 15.8 Å². The van der Waals surface area contributed by atoms with Crippen LogP contribution in [0.1, 0.15) is 18.2 Å². The van der Waals surface area contributed by atoms with E-state index in [1.54, 1.807) is 38.4 Å². The van der Waals surface area contributed by atoms with E-state index in [1.807, 2.05) is 25.1 Å². The number of benzene rings is 1. The molecule has 2 aromatic rings. The molecule has 0 fully saturated rings. The number of hydrogen-bond donors (Lipinski definition) is 3. The fraction of sp³-hybridized carbons (Fsp3) is 0.353. The first kappa shape index (κ1) is 18.2. The molecule has 24 heavy (non-hydrogen) atoms. The number of aryl methyl sites for hydroxylation is 1. The molecule has 1 aromatic carbocycles. The number of hydrogen-bond acceptors (Lipinski definition) is 5. The quantitative estimate of drug-likeness (QED) is 0.570. The number of nitrogens with zero attached hydrogens (tertiary/aromatic N) is 2. The Morgan fingerprint density at radius 2 is 2.12 bits per heavy atom. The van der Waals surface area contributed by atoms with Crippen molar-refractivity contribution in [3.63, 3.8) is 0 Å². The molecular weight excluding hydrogens is 324 g/mol. The molecule has 0 bridgehead atoms. The van der Waals surface area contributed by atoms with E-state index in [4.69, 9.17) is 0 Å². The third kappa shape index (κ3) is 3.67. The number of rotatable bonds is 5. The Labute approximate surface area is 145 Å². The summed E-state index contributed by atoms with van der Waals surface area (Å²) < 4.78 is 14.3. The summed E-state index contributed by atoms with van der Waals surface area (Å²) in [6.45, 7) is 3.51. The van der Waals surface area contributed by atoms with Crippen molar-refractivity contribution in [1.29, 1.82) is 5.26 Å². The minimum absolute atomic E-state index is 0.240. The van der Waals surface area contributed by atoms with Crippen LogP contribution in [0.4, 0.5) is 5.69 Å². The fourth-order valence-corrected chi connectivity index (χ4v) is 3.02. The van der Waals surface area contributed by atoms with Gasteiger partial charge in [-0.3, -0.25) is 0 Å². The number of aromatic nitrogens is 1. The number of anilines is 1. The highest BCUT2D eigenvalue weighted by molar-refractivity contribution is 7.92. The summed E-state index contributed by atoms with van der Waals surface area (Å²) in [4.78, 5) is 4.89. The average molecular weight is 346 g/mol. The number of nitriles is 1. The third-order valence-electron chi connectivity index (χ3n) is 3.78. The highest BCUT2D eigenvalue weighted by Crippen LogP contribution is 2.32. The third-order valence-corrected chi connectivity index (χ3v) is 4.28. The fourth-order valence-electron chi connectivity index (χ4n) is 2.49. The SMILES string of the molecule is Cc1cc2cc(C(C)(O)/C(C#N)=C/N(C)C)[nH]c2cc1N[S+](C)[O-]. The Bertz CT molecular complexity index is 816. The molecular formula is C17H22N4O2S. The molecule has 6 nitrogen and oxygen atoms in total. The summed E-state index contributed by atoms with van der Waals surface area (Å²) in [6.07, 6.45) is 3.17. The molecule has 0 aliphatic heterocycles. The zero-order valence-corrected chi connectivity index (χ0v) is 15.3. The molecule has 1 aromatic heterocycles. The number of aromatic amines is 1. The van der Waals surface area contributed by atoms with Crippen LogP contribution in [0.2, 0.25) is 0 Å². The standard InChI is InChI=1S/C17H22N4O2S/c1-11-6-12-7-16(17(2,22)13(9-18)10-21(3)4)19-15(12)8-14(11)20-24(5)23/h6-8,10,19-20,22H,1-5H3/b13-10+. The van der Waals surface area contributed by atoms with Gasteiger partial charge in [0, 0.05) is 31.2 Å². The van der Waals surface area contributed by atoms with E-state index in [9.17, 15) is 14.9 Å². The van der Waals surface area contributed by atoms with Crippen molar-refractivity contribution in [3.8, 4) is 6.07 Å². The van der Waals surface area contributed by atoms with Crippen molar-refractivity contribution in [1.82, 2.24) is 9.88 Å². The summed E-state index contributed by atoms with van der Waals surface area (Å²) in [5.41, 5.74) is 1.84. The minimum atomic E-state index is -1.44. The summed E-state index contributed by atoms with van der Waals surface area (Å²) in [5, 5.41) is 21.2. The van der Waals surface area contributed by atoms with Crippen molar-refractivity contribution in [2.24, 2.45) is 0 Å². The molecule has 7 heteroatoms. The molecule has 0 amide bonds. The summed E-state index contributed by atoms with van der Waals surface area (Å²) in [6, 6.07) is 7.69. The van der Waals surface area contributed by atoms with Crippen molar-refractivity contribution >= 4 is 28.0 Å². The molecule has 0 saturated heterocycles. The molecule has 2 rings (SSSR count). The van der Waals surface area contributed by atoms with Gasteiger partial charge in [-0.1, -0.05) is 0 Å². The lowest BCUT2D eigenvalue weighted by Gasteiger charge is -2.22. The maximum absolute atomic E-state index is 11.4. The van der Waals surface area contributed by atoms with E-state index in [0.29, 0.717) is 5.69 Å². The normalized spacial score (nSPS) is 15.7. The van der Waals surface area contributed by atoms with Crippen molar-refractivity contribution in [3.05, 3.63) is 41.2 Å². The van der Waals surface area contributed by atoms with Gasteiger partial charge in [-0.15, -0.1) is 0 Å². The predicted molar refractivity (Wildman–Crippen MR) is 97.7 cm³/mol. The van der Waals surface area contributed by atoms with Crippen LogP contribution < -0.4 is 4.72 Å². The first-order valence-electron chi connectivity index (χ1n) is 7.40. The Hall–Kier alpha value is -2.14. The first-order chi connectivity index (χ1) is 11.1. The van der Waals surface area contributed by atoms with Gasteiger partial charge in [0.15, 0.2) is 0 Å². The zero-order valence-electron chi connectivity index (χ0n) is 14.5. The maximum atomic E-state index is 11.4. The van der Waals surface area contributed by atoms with E-state index in [0.717, 1.165) is 22.2 Å². The Morgan fingerprint density at radius 3 is 2.67 bits per heavy atom. The molecule has 0 saturated carbocycles. The van der Waals surface area contributed by atoms with Gasteiger partial charge >= 0.3 is 0 Å². The molecule has 2 unspecified atom stereocenters. The molecule has 0 radical (unpaired) electrons. The second kappa shape index (κ2) is 6.77. The van der Waals surface area contributed by atoms with Crippen LogP contribution in [-0.2, 0) is 17.0 Å². The van der Waals surface area contributed by atoms with E-state index in [1.165, 1.54) is 0 Å². The number of nitrogens with one attached hydrogen (secondary N) is 2. The summed E-state index contributed by atoms with van der Waals surface area (Å²) in [5.74, 6) is 0. The van der Waals surface area contributed by atoms with Gasteiger partial charge in [-0.05, 0) is 37.6 Å². The van der Waals surface area contributed by atoms with Gasteiger partial charge in [0.1, 0.15) is 11.9 Å². The van der Waals surface area contributed by atoms with Crippen molar-refractivity contribution in [2.75, 3.05) is 25.1 Å². The van der Waals surface area contributed by atoms with Gasteiger partial charge in [-0.25, -0.2) is 4.72 Å². The van der Waals surface area contributed by atoms with Gasteiger partial charge in [-0.2, -0.15) is 5.26 Å². The van der Waals surface area contributed by atoms with Crippen LogP contribution in [0.3, 0.4) is 0 Å². The van der Waals surface area contributed by atoms with Gasteiger partial charge in [0.2, 0.25) is 0 Å². The lowest BCUT2D eigenvalue weighted by atomic mass is 9.93. The largest absolute Gasteiger partial charge is 0.593 e. The lowest BCUT2D eigenvalue weighted by molar-refractivity contribution is 0.0968. The van der Waals surface area contributed by atoms with Crippen molar-refractivity contribution in [2.45, 2.75) is 19.4 Å². The number of H-pyrrole nitrogens is 1. The van der Waals surface area contributed by atoms with Crippen LogP contribution >= 0.6 is 0 Å². The maximum Gasteiger partial charge on any atom is 0.138 e. The Kier molecular flexibility index (Phi) is 5.13. The van der Waals surface area contributed by atoms with E-state index < -0.39 is 17.0 Å². The molecule has 1 heterocycles. The van der Waals surface area contributed by atoms with Gasteiger partial charge < -0.3 is 19.5 Å². The molecule has 0 spiro atoms. The zero-order chi connectivity index (χ0) is 18.1. The monoisotopic (exact) mass is 346 g/mol. The smallest absolute Gasteiger partial charge is 0.138 e. The summed E-state index contributed by atoms with van der Waals surface area (Å²) in [7, 11) is 3.59. The van der Waals surface area contributed by atoms with Crippen LogP contribution in [0, 0.1) is 18.3 Å². The molecule has 3 N–H and O–H groups in total. The highest BCUT2D eigenvalue weighted by Gasteiger charge is 2.30. The molecule has 0 aliphatic rings.